The summed E-state index contributed by atoms with van der Waals surface area (Å²) in [4.78, 5) is 11.5. The smallest absolute Gasteiger partial charge is 0.306 e. The fraction of sp³-hybridized carbons (Fsp3) is 0.562. The molecule has 0 fully saturated rings. The van der Waals surface area contributed by atoms with Gasteiger partial charge in [0.25, 0.3) is 0 Å². The number of carbonyl (C=O) groups excluding carboxylic acids is 1. The Kier molecular flexibility index (Phi) is 7.19. The molecule has 1 aromatic rings. The monoisotopic (exact) mass is 263 g/mol. The van der Waals surface area contributed by atoms with Gasteiger partial charge in [-0.05, 0) is 31.4 Å². The molecule has 0 saturated carbocycles. The molecule has 0 spiro atoms. The number of ether oxygens (including phenoxy) is 1. The van der Waals surface area contributed by atoms with Crippen LogP contribution < -0.4 is 5.32 Å². The van der Waals surface area contributed by atoms with Crippen molar-refractivity contribution in [2.75, 3.05) is 13.1 Å². The molecule has 0 aliphatic rings. The van der Waals surface area contributed by atoms with Crippen LogP contribution in [0.2, 0.25) is 0 Å². The zero-order chi connectivity index (χ0) is 14.1. The van der Waals surface area contributed by atoms with E-state index >= 15 is 0 Å². The van der Waals surface area contributed by atoms with Crippen LogP contribution in [-0.2, 0) is 16.0 Å². The lowest BCUT2D eigenvalue weighted by atomic mass is 10.1. The first-order valence-corrected chi connectivity index (χ1v) is 7.02. The fourth-order valence-corrected chi connectivity index (χ4v) is 1.83. The summed E-state index contributed by atoms with van der Waals surface area (Å²) in [5.74, 6) is 0.248. The fourth-order valence-electron chi connectivity index (χ4n) is 1.83. The van der Waals surface area contributed by atoms with Crippen LogP contribution >= 0.6 is 0 Å². The first-order chi connectivity index (χ1) is 9.08. The molecule has 0 heterocycles. The summed E-state index contributed by atoms with van der Waals surface area (Å²) in [5.41, 5.74) is 1.32. The van der Waals surface area contributed by atoms with Crippen LogP contribution in [0.5, 0.6) is 0 Å². The molecule has 0 aromatic heterocycles. The third-order valence-corrected chi connectivity index (χ3v) is 2.77. The molecule has 19 heavy (non-hydrogen) atoms. The third kappa shape index (κ3) is 7.62. The largest absolute Gasteiger partial charge is 0.461 e. The zero-order valence-electron chi connectivity index (χ0n) is 12.2. The van der Waals surface area contributed by atoms with Crippen LogP contribution in [-0.4, -0.2) is 25.2 Å². The van der Waals surface area contributed by atoms with Crippen molar-refractivity contribution in [2.24, 2.45) is 5.92 Å². The maximum atomic E-state index is 11.5. The average molecular weight is 263 g/mol. The molecular formula is C16H25NO2. The van der Waals surface area contributed by atoms with Gasteiger partial charge in [-0.1, -0.05) is 44.2 Å². The number of rotatable bonds is 8. The average Bonchev–Trinajstić information content (AvgIpc) is 2.35. The van der Waals surface area contributed by atoms with Crippen molar-refractivity contribution >= 4 is 5.97 Å². The summed E-state index contributed by atoms with van der Waals surface area (Å²) < 4.78 is 5.31. The van der Waals surface area contributed by atoms with Crippen LogP contribution in [0.15, 0.2) is 30.3 Å². The van der Waals surface area contributed by atoms with E-state index in [0.717, 1.165) is 13.0 Å². The second-order valence-electron chi connectivity index (χ2n) is 5.34. The molecule has 3 heteroatoms. The van der Waals surface area contributed by atoms with E-state index in [1.807, 2.05) is 39.0 Å². The molecule has 0 saturated heterocycles. The second kappa shape index (κ2) is 8.70. The minimum absolute atomic E-state index is 0.0676. The maximum absolute atomic E-state index is 11.5. The Morgan fingerprint density at radius 3 is 2.53 bits per heavy atom. The Bertz CT molecular complexity index is 362. The predicted octanol–water partition coefficient (Wildman–Crippen LogP) is 2.80. The van der Waals surface area contributed by atoms with E-state index < -0.39 is 0 Å². The van der Waals surface area contributed by atoms with Crippen molar-refractivity contribution in [3.8, 4) is 0 Å². The predicted molar refractivity (Wildman–Crippen MR) is 78.0 cm³/mol. The zero-order valence-corrected chi connectivity index (χ0v) is 12.2. The summed E-state index contributed by atoms with van der Waals surface area (Å²) in [5, 5.41) is 3.32. The van der Waals surface area contributed by atoms with Gasteiger partial charge in [0.05, 0.1) is 0 Å². The Labute approximate surface area is 116 Å². The molecule has 3 nitrogen and oxygen atoms in total. The van der Waals surface area contributed by atoms with Gasteiger partial charge in [-0.2, -0.15) is 0 Å². The van der Waals surface area contributed by atoms with Crippen LogP contribution in [0.1, 0.15) is 32.8 Å². The van der Waals surface area contributed by atoms with E-state index in [9.17, 15) is 4.79 Å². The lowest BCUT2D eigenvalue weighted by molar-refractivity contribution is -0.148. The summed E-state index contributed by atoms with van der Waals surface area (Å²) in [7, 11) is 0. The number of hydrogen-bond donors (Lipinski definition) is 1. The lowest BCUT2D eigenvalue weighted by Crippen LogP contribution is -2.30. The van der Waals surface area contributed by atoms with Crippen LogP contribution in [0.3, 0.4) is 0 Å². The Hall–Kier alpha value is -1.35. The first kappa shape index (κ1) is 15.7. The molecule has 1 aromatic carbocycles. The SMILES string of the molecule is CC(C)CC(=O)OC(C)CNCCc1ccccc1. The molecule has 106 valence electrons. The molecule has 0 amide bonds. The molecule has 0 aliphatic carbocycles. The van der Waals surface area contributed by atoms with E-state index in [-0.39, 0.29) is 12.1 Å². The van der Waals surface area contributed by atoms with Crippen LogP contribution in [0, 0.1) is 5.92 Å². The highest BCUT2D eigenvalue weighted by Crippen LogP contribution is 2.03. The highest BCUT2D eigenvalue weighted by molar-refractivity contribution is 5.69. The quantitative estimate of drug-likeness (QED) is 0.579. The normalized spacial score (nSPS) is 12.4. The summed E-state index contributed by atoms with van der Waals surface area (Å²) >= 11 is 0. The van der Waals surface area contributed by atoms with E-state index in [4.69, 9.17) is 4.74 Å². The Morgan fingerprint density at radius 1 is 1.21 bits per heavy atom. The highest BCUT2D eigenvalue weighted by Gasteiger charge is 2.10. The summed E-state index contributed by atoms with van der Waals surface area (Å²) in [6.07, 6.45) is 1.42. The van der Waals surface area contributed by atoms with Gasteiger partial charge in [-0.15, -0.1) is 0 Å². The lowest BCUT2D eigenvalue weighted by Gasteiger charge is -2.15. The van der Waals surface area contributed by atoms with Crippen LogP contribution in [0.4, 0.5) is 0 Å². The second-order valence-corrected chi connectivity index (χ2v) is 5.34. The summed E-state index contributed by atoms with van der Waals surface area (Å²) in [6, 6.07) is 10.4. The van der Waals surface area contributed by atoms with Crippen molar-refractivity contribution in [3.63, 3.8) is 0 Å². The molecule has 0 radical (unpaired) electrons. The van der Waals surface area contributed by atoms with Gasteiger partial charge in [0, 0.05) is 13.0 Å². The molecule has 1 N–H and O–H groups in total. The van der Waals surface area contributed by atoms with Gasteiger partial charge in [-0.3, -0.25) is 4.79 Å². The van der Waals surface area contributed by atoms with Gasteiger partial charge in [0.1, 0.15) is 6.10 Å². The summed E-state index contributed by atoms with van der Waals surface area (Å²) in [6.45, 7) is 7.56. The molecule has 1 atom stereocenters. The standard InChI is InChI=1S/C16H25NO2/c1-13(2)11-16(18)19-14(3)12-17-10-9-15-7-5-4-6-8-15/h4-8,13-14,17H,9-12H2,1-3H3. The number of benzene rings is 1. The number of carbonyl (C=O) groups is 1. The molecule has 0 bridgehead atoms. The van der Waals surface area contributed by atoms with Gasteiger partial charge >= 0.3 is 5.97 Å². The molecule has 0 aliphatic heterocycles. The Balaban J connectivity index is 2.10. The van der Waals surface area contributed by atoms with E-state index in [0.29, 0.717) is 18.9 Å². The number of nitrogens with one attached hydrogen (secondary N) is 1. The van der Waals surface area contributed by atoms with Gasteiger partial charge < -0.3 is 10.1 Å². The maximum Gasteiger partial charge on any atom is 0.306 e. The van der Waals surface area contributed by atoms with Crippen molar-refractivity contribution < 1.29 is 9.53 Å². The highest BCUT2D eigenvalue weighted by atomic mass is 16.5. The van der Waals surface area contributed by atoms with Gasteiger partial charge in [-0.25, -0.2) is 0 Å². The molecule has 1 unspecified atom stereocenters. The first-order valence-electron chi connectivity index (χ1n) is 7.02. The van der Waals surface area contributed by atoms with Crippen molar-refractivity contribution in [2.45, 2.75) is 39.7 Å². The molecule has 1 rings (SSSR count). The molecular weight excluding hydrogens is 238 g/mol. The van der Waals surface area contributed by atoms with E-state index in [1.165, 1.54) is 5.56 Å². The van der Waals surface area contributed by atoms with Crippen molar-refractivity contribution in [1.29, 1.82) is 0 Å². The van der Waals surface area contributed by atoms with E-state index in [2.05, 4.69) is 17.4 Å². The topological polar surface area (TPSA) is 38.3 Å². The van der Waals surface area contributed by atoms with Crippen molar-refractivity contribution in [1.82, 2.24) is 5.32 Å². The Morgan fingerprint density at radius 2 is 1.89 bits per heavy atom. The van der Waals surface area contributed by atoms with Gasteiger partial charge in [0.15, 0.2) is 0 Å². The third-order valence-electron chi connectivity index (χ3n) is 2.77. The van der Waals surface area contributed by atoms with E-state index in [1.54, 1.807) is 0 Å². The van der Waals surface area contributed by atoms with Gasteiger partial charge in [0.2, 0.25) is 0 Å². The number of esters is 1. The minimum atomic E-state index is -0.104. The number of hydrogen-bond acceptors (Lipinski definition) is 3. The minimum Gasteiger partial charge on any atom is -0.461 e. The van der Waals surface area contributed by atoms with Crippen molar-refractivity contribution in [3.05, 3.63) is 35.9 Å². The van der Waals surface area contributed by atoms with Crippen LogP contribution in [0.25, 0.3) is 0 Å².